The van der Waals surface area contributed by atoms with E-state index in [9.17, 15) is 0 Å². The third kappa shape index (κ3) is 0.850. The zero-order valence-electron chi connectivity index (χ0n) is 6.00. The van der Waals surface area contributed by atoms with E-state index in [2.05, 4.69) is 22.7 Å². The van der Waals surface area contributed by atoms with Gasteiger partial charge in [-0.1, -0.05) is 18.7 Å². The molecule has 1 aromatic rings. The number of aryl methyl sites for hydroxylation is 2. The quantitative estimate of drug-likeness (QED) is 0.610. The maximum atomic E-state index is 4.44. The lowest BCUT2D eigenvalue weighted by atomic mass is 10.4. The van der Waals surface area contributed by atoms with Crippen molar-refractivity contribution in [3.05, 3.63) is 11.9 Å². The number of hydrogen-bond acceptors (Lipinski definition) is 2. The van der Waals surface area contributed by atoms with Crippen LogP contribution in [0.3, 0.4) is 0 Å². The zero-order chi connectivity index (χ0) is 6.97. The van der Waals surface area contributed by atoms with Crippen molar-refractivity contribution in [1.29, 1.82) is 0 Å². The van der Waals surface area contributed by atoms with Crippen LogP contribution in [0.1, 0.15) is 12.6 Å². The molecule has 54 valence electrons. The van der Waals surface area contributed by atoms with E-state index in [4.69, 9.17) is 0 Å². The second kappa shape index (κ2) is 2.31. The van der Waals surface area contributed by atoms with Gasteiger partial charge in [0.15, 0.2) is 5.16 Å². The van der Waals surface area contributed by atoms with Gasteiger partial charge >= 0.3 is 0 Å². The lowest BCUT2D eigenvalue weighted by Gasteiger charge is -1.87. The van der Waals surface area contributed by atoms with Crippen molar-refractivity contribution in [3.8, 4) is 0 Å². The summed E-state index contributed by atoms with van der Waals surface area (Å²) in [6.07, 6.45) is 3.22. The molecule has 0 saturated carbocycles. The van der Waals surface area contributed by atoms with Gasteiger partial charge in [0.1, 0.15) is 0 Å². The van der Waals surface area contributed by atoms with Crippen LogP contribution in [0.15, 0.2) is 11.4 Å². The third-order valence-corrected chi connectivity index (χ3v) is 2.69. The summed E-state index contributed by atoms with van der Waals surface area (Å²) in [5, 5.41) is 1.21. The van der Waals surface area contributed by atoms with Gasteiger partial charge in [-0.15, -0.1) is 0 Å². The summed E-state index contributed by atoms with van der Waals surface area (Å²) in [5.74, 6) is 1.20. The highest BCUT2D eigenvalue weighted by Gasteiger charge is 2.12. The molecule has 0 amide bonds. The number of imidazole rings is 1. The van der Waals surface area contributed by atoms with Crippen LogP contribution in [-0.4, -0.2) is 15.3 Å². The molecule has 0 aliphatic carbocycles. The fourth-order valence-electron chi connectivity index (χ4n) is 1.13. The van der Waals surface area contributed by atoms with Crippen LogP contribution in [0.2, 0.25) is 0 Å². The molecule has 1 aliphatic heterocycles. The topological polar surface area (TPSA) is 17.8 Å². The van der Waals surface area contributed by atoms with Gasteiger partial charge < -0.3 is 4.57 Å². The molecule has 2 rings (SSSR count). The normalized spacial score (nSPS) is 15.7. The van der Waals surface area contributed by atoms with E-state index in [1.54, 1.807) is 0 Å². The molecule has 0 aromatic carbocycles. The Morgan fingerprint density at radius 1 is 1.80 bits per heavy atom. The minimum absolute atomic E-state index is 1.06. The molecule has 0 atom stereocenters. The Hall–Kier alpha value is -0.440. The van der Waals surface area contributed by atoms with E-state index in [1.807, 2.05) is 11.8 Å². The molecule has 0 radical (unpaired) electrons. The Kier molecular flexibility index (Phi) is 1.45. The Balaban J connectivity index is 2.37. The number of thioether (sulfide) groups is 1. The van der Waals surface area contributed by atoms with Gasteiger partial charge in [0.05, 0.1) is 5.69 Å². The fraction of sp³-hybridized carbons (Fsp3) is 0.571. The number of rotatable bonds is 1. The van der Waals surface area contributed by atoms with Crippen molar-refractivity contribution in [2.75, 3.05) is 5.75 Å². The molecule has 1 aromatic heterocycles. The number of aromatic nitrogens is 2. The average Bonchev–Trinajstić information content (AvgIpc) is 2.42. The van der Waals surface area contributed by atoms with E-state index in [0.717, 1.165) is 13.0 Å². The molecule has 0 saturated heterocycles. The minimum atomic E-state index is 1.06. The second-order valence-electron chi connectivity index (χ2n) is 2.41. The Morgan fingerprint density at radius 3 is 3.40 bits per heavy atom. The smallest absolute Gasteiger partial charge is 0.168 e. The number of fused-ring (bicyclic) bond motifs is 1. The highest BCUT2D eigenvalue weighted by atomic mass is 32.2. The van der Waals surface area contributed by atoms with Crippen molar-refractivity contribution < 1.29 is 0 Å². The summed E-state index contributed by atoms with van der Waals surface area (Å²) in [6, 6.07) is 0. The Morgan fingerprint density at radius 2 is 2.70 bits per heavy atom. The monoisotopic (exact) mass is 154 g/mol. The van der Waals surface area contributed by atoms with Crippen LogP contribution in [0.25, 0.3) is 0 Å². The van der Waals surface area contributed by atoms with Gasteiger partial charge in [-0.2, -0.15) is 0 Å². The predicted molar refractivity (Wildman–Crippen MR) is 42.3 cm³/mol. The summed E-state index contributed by atoms with van der Waals surface area (Å²) < 4.78 is 2.24. The first-order valence-electron chi connectivity index (χ1n) is 3.59. The molecule has 0 spiro atoms. The molecular formula is C7H10N2S. The molecular weight excluding hydrogens is 144 g/mol. The molecule has 0 unspecified atom stereocenters. The molecule has 2 heterocycles. The molecule has 3 heteroatoms. The van der Waals surface area contributed by atoms with Gasteiger partial charge in [0, 0.05) is 18.5 Å². The Labute approximate surface area is 64.6 Å². The highest BCUT2D eigenvalue weighted by molar-refractivity contribution is 7.99. The fourth-order valence-corrected chi connectivity index (χ4v) is 2.09. The first-order chi connectivity index (χ1) is 4.90. The maximum Gasteiger partial charge on any atom is 0.168 e. The van der Waals surface area contributed by atoms with Crippen LogP contribution in [0.4, 0.5) is 0 Å². The van der Waals surface area contributed by atoms with E-state index >= 15 is 0 Å². The van der Waals surface area contributed by atoms with Crippen LogP contribution < -0.4 is 0 Å². The standard InChI is InChI=1S/C7H10N2S/c1-2-6-5-9-3-4-10-7(9)8-6/h5H,2-4H2,1H3. The van der Waals surface area contributed by atoms with Crippen LogP contribution in [0, 0.1) is 0 Å². The van der Waals surface area contributed by atoms with E-state index < -0.39 is 0 Å². The van der Waals surface area contributed by atoms with E-state index in [0.29, 0.717) is 0 Å². The minimum Gasteiger partial charge on any atom is -0.325 e. The van der Waals surface area contributed by atoms with Crippen LogP contribution >= 0.6 is 11.8 Å². The molecule has 0 fully saturated rings. The van der Waals surface area contributed by atoms with Crippen LogP contribution in [0.5, 0.6) is 0 Å². The lowest BCUT2D eigenvalue weighted by Crippen LogP contribution is -1.89. The molecule has 2 nitrogen and oxygen atoms in total. The average molecular weight is 154 g/mol. The van der Waals surface area contributed by atoms with E-state index in [1.165, 1.54) is 16.6 Å². The SMILES string of the molecule is CCc1cn2c(n1)SCC2. The first-order valence-corrected chi connectivity index (χ1v) is 4.57. The van der Waals surface area contributed by atoms with Crippen molar-refractivity contribution in [3.63, 3.8) is 0 Å². The van der Waals surface area contributed by atoms with Gasteiger partial charge in [-0.3, -0.25) is 0 Å². The summed E-state index contributed by atoms with van der Waals surface area (Å²) in [7, 11) is 0. The van der Waals surface area contributed by atoms with Crippen molar-refractivity contribution >= 4 is 11.8 Å². The molecule has 1 aliphatic rings. The summed E-state index contributed by atoms with van der Waals surface area (Å²) in [6.45, 7) is 3.29. The van der Waals surface area contributed by atoms with Gasteiger partial charge in [-0.25, -0.2) is 4.98 Å². The third-order valence-electron chi connectivity index (χ3n) is 1.72. The predicted octanol–water partition coefficient (Wildman–Crippen LogP) is 1.55. The number of nitrogens with zero attached hydrogens (tertiary/aromatic N) is 2. The van der Waals surface area contributed by atoms with Gasteiger partial charge in [0.2, 0.25) is 0 Å². The summed E-state index contributed by atoms with van der Waals surface area (Å²) in [5.41, 5.74) is 1.22. The maximum absolute atomic E-state index is 4.44. The lowest BCUT2D eigenvalue weighted by molar-refractivity contribution is 0.719. The van der Waals surface area contributed by atoms with Crippen molar-refractivity contribution in [2.24, 2.45) is 0 Å². The van der Waals surface area contributed by atoms with Gasteiger partial charge in [-0.05, 0) is 6.42 Å². The zero-order valence-corrected chi connectivity index (χ0v) is 6.82. The molecule has 0 bridgehead atoms. The molecule has 0 N–H and O–H groups in total. The Bertz CT molecular complexity index is 220. The van der Waals surface area contributed by atoms with Gasteiger partial charge in [0.25, 0.3) is 0 Å². The highest BCUT2D eigenvalue weighted by Crippen LogP contribution is 2.24. The van der Waals surface area contributed by atoms with E-state index in [-0.39, 0.29) is 0 Å². The van der Waals surface area contributed by atoms with Crippen molar-refractivity contribution in [1.82, 2.24) is 9.55 Å². The summed E-state index contributed by atoms with van der Waals surface area (Å²) >= 11 is 1.86. The number of hydrogen-bond donors (Lipinski definition) is 0. The summed E-state index contributed by atoms with van der Waals surface area (Å²) in [4.78, 5) is 4.44. The molecule has 10 heavy (non-hydrogen) atoms. The van der Waals surface area contributed by atoms with Crippen molar-refractivity contribution in [2.45, 2.75) is 25.0 Å². The van der Waals surface area contributed by atoms with Crippen LogP contribution in [-0.2, 0) is 13.0 Å². The first kappa shape index (κ1) is 6.28. The second-order valence-corrected chi connectivity index (χ2v) is 3.47. The largest absolute Gasteiger partial charge is 0.325 e.